The second-order valence-electron chi connectivity index (χ2n) is 5.05. The van der Waals surface area contributed by atoms with Crippen molar-refractivity contribution in [3.63, 3.8) is 0 Å². The van der Waals surface area contributed by atoms with Gasteiger partial charge in [0, 0.05) is 5.69 Å². The lowest BCUT2D eigenvalue weighted by atomic mass is 10.2. The van der Waals surface area contributed by atoms with Crippen LogP contribution in [0.15, 0.2) is 42.5 Å². The average molecular weight is 305 g/mol. The van der Waals surface area contributed by atoms with Gasteiger partial charge in [0.1, 0.15) is 5.82 Å². The lowest BCUT2D eigenvalue weighted by Crippen LogP contribution is -2.06. The molecule has 114 valence electrons. The van der Waals surface area contributed by atoms with E-state index in [2.05, 4.69) is 9.83 Å². The summed E-state index contributed by atoms with van der Waals surface area (Å²) < 4.78 is 7.02. The number of esters is 1. The molecule has 0 unspecified atom stereocenters. The Morgan fingerprint density at radius 3 is 2.87 bits per heavy atom. The standard InChI is InChI=1S/C18H15N3O2/c1-4-23-18(22)13-6-5-7-15(10-13)21-12(2)20-16-11-14(19-3)8-9-17(16)21/h5-11H,4H2,1-2H3. The smallest absolute Gasteiger partial charge is 0.338 e. The first kappa shape index (κ1) is 14.8. The Kier molecular flexibility index (Phi) is 3.82. The number of fused-ring (bicyclic) bond motifs is 1. The van der Waals surface area contributed by atoms with Crippen LogP contribution in [0.2, 0.25) is 0 Å². The lowest BCUT2D eigenvalue weighted by Gasteiger charge is -2.09. The van der Waals surface area contributed by atoms with Crippen LogP contribution in [0.25, 0.3) is 21.6 Å². The van der Waals surface area contributed by atoms with Crippen LogP contribution in [0, 0.1) is 13.5 Å². The van der Waals surface area contributed by atoms with Gasteiger partial charge in [-0.05, 0) is 44.2 Å². The van der Waals surface area contributed by atoms with Crippen molar-refractivity contribution < 1.29 is 9.53 Å². The Morgan fingerprint density at radius 1 is 1.30 bits per heavy atom. The van der Waals surface area contributed by atoms with Gasteiger partial charge in [0.2, 0.25) is 0 Å². The Hall–Kier alpha value is -3.13. The highest BCUT2D eigenvalue weighted by Gasteiger charge is 2.12. The van der Waals surface area contributed by atoms with E-state index in [1.54, 1.807) is 31.2 Å². The molecule has 23 heavy (non-hydrogen) atoms. The van der Waals surface area contributed by atoms with Gasteiger partial charge >= 0.3 is 5.97 Å². The van der Waals surface area contributed by atoms with Crippen LogP contribution in [0.3, 0.4) is 0 Å². The molecule has 1 heterocycles. The molecule has 0 aliphatic rings. The van der Waals surface area contributed by atoms with Crippen LogP contribution in [-0.4, -0.2) is 22.1 Å². The first-order valence-electron chi connectivity index (χ1n) is 7.28. The van der Waals surface area contributed by atoms with Crippen molar-refractivity contribution in [1.82, 2.24) is 9.55 Å². The Labute approximate surface area is 134 Å². The van der Waals surface area contributed by atoms with Crippen molar-refractivity contribution in [3.05, 3.63) is 65.3 Å². The number of imidazole rings is 1. The summed E-state index contributed by atoms with van der Waals surface area (Å²) in [7, 11) is 0. The molecule has 1 aromatic heterocycles. The highest BCUT2D eigenvalue weighted by molar-refractivity contribution is 5.90. The largest absolute Gasteiger partial charge is 0.462 e. The average Bonchev–Trinajstić information content (AvgIpc) is 2.89. The van der Waals surface area contributed by atoms with Gasteiger partial charge in [0.15, 0.2) is 5.69 Å². The number of carbonyl (C=O) groups excluding carboxylic acids is 1. The molecule has 0 bridgehead atoms. The van der Waals surface area contributed by atoms with E-state index in [0.717, 1.165) is 22.5 Å². The van der Waals surface area contributed by atoms with Gasteiger partial charge in [0.05, 0.1) is 29.8 Å². The van der Waals surface area contributed by atoms with Crippen molar-refractivity contribution in [2.45, 2.75) is 13.8 Å². The molecule has 0 fully saturated rings. The topological polar surface area (TPSA) is 48.5 Å². The maximum absolute atomic E-state index is 11.9. The lowest BCUT2D eigenvalue weighted by molar-refractivity contribution is 0.0526. The van der Waals surface area contributed by atoms with Gasteiger partial charge in [-0.3, -0.25) is 4.57 Å². The molecule has 0 aliphatic heterocycles. The van der Waals surface area contributed by atoms with Crippen LogP contribution >= 0.6 is 0 Å². The van der Waals surface area contributed by atoms with Crippen molar-refractivity contribution in [2.24, 2.45) is 0 Å². The number of aromatic nitrogens is 2. The minimum absolute atomic E-state index is 0.341. The summed E-state index contributed by atoms with van der Waals surface area (Å²) in [4.78, 5) is 19.9. The Balaban J connectivity index is 2.14. The second-order valence-corrected chi connectivity index (χ2v) is 5.05. The molecule has 5 heteroatoms. The van der Waals surface area contributed by atoms with Crippen LogP contribution in [-0.2, 0) is 4.74 Å². The molecule has 3 rings (SSSR count). The first-order chi connectivity index (χ1) is 11.1. The number of ether oxygens (including phenoxy) is 1. The predicted octanol–water partition coefficient (Wildman–Crippen LogP) is 4.06. The summed E-state index contributed by atoms with van der Waals surface area (Å²) in [5.41, 5.74) is 3.56. The zero-order valence-corrected chi connectivity index (χ0v) is 12.9. The SMILES string of the molecule is [C-]#[N+]c1ccc2c(c1)nc(C)n2-c1cccc(C(=O)OCC)c1. The molecule has 3 aromatic rings. The van der Waals surface area contributed by atoms with Gasteiger partial charge in [-0.25, -0.2) is 14.6 Å². The molecule has 0 saturated carbocycles. The number of rotatable bonds is 3. The van der Waals surface area contributed by atoms with Gasteiger partial charge < -0.3 is 4.74 Å². The van der Waals surface area contributed by atoms with E-state index in [9.17, 15) is 4.79 Å². The van der Waals surface area contributed by atoms with Gasteiger partial charge in [-0.15, -0.1) is 0 Å². The third-order valence-corrected chi connectivity index (χ3v) is 3.55. The fourth-order valence-electron chi connectivity index (χ4n) is 2.57. The predicted molar refractivity (Wildman–Crippen MR) is 88.0 cm³/mol. The highest BCUT2D eigenvalue weighted by atomic mass is 16.5. The monoisotopic (exact) mass is 305 g/mol. The number of benzene rings is 2. The summed E-state index contributed by atoms with van der Waals surface area (Å²) in [6, 6.07) is 12.7. The molecule has 2 aromatic carbocycles. The summed E-state index contributed by atoms with van der Waals surface area (Å²) >= 11 is 0. The molecule has 0 saturated heterocycles. The molecule has 5 nitrogen and oxygen atoms in total. The zero-order chi connectivity index (χ0) is 16.4. The maximum atomic E-state index is 11.9. The minimum Gasteiger partial charge on any atom is -0.462 e. The number of aryl methyl sites for hydroxylation is 1. The number of hydrogen-bond donors (Lipinski definition) is 0. The number of nitrogens with zero attached hydrogens (tertiary/aromatic N) is 3. The molecule has 0 atom stereocenters. The van der Waals surface area contributed by atoms with Crippen LogP contribution in [0.4, 0.5) is 5.69 Å². The van der Waals surface area contributed by atoms with Crippen LogP contribution in [0.5, 0.6) is 0 Å². The third-order valence-electron chi connectivity index (χ3n) is 3.55. The van der Waals surface area contributed by atoms with Crippen LogP contribution in [0.1, 0.15) is 23.1 Å². The van der Waals surface area contributed by atoms with E-state index in [1.807, 2.05) is 29.7 Å². The van der Waals surface area contributed by atoms with Crippen molar-refractivity contribution in [3.8, 4) is 5.69 Å². The van der Waals surface area contributed by atoms with E-state index >= 15 is 0 Å². The van der Waals surface area contributed by atoms with E-state index in [4.69, 9.17) is 11.3 Å². The molecular weight excluding hydrogens is 290 g/mol. The Morgan fingerprint density at radius 2 is 2.13 bits per heavy atom. The van der Waals surface area contributed by atoms with Gasteiger partial charge in [-0.2, -0.15) is 0 Å². The molecule has 0 amide bonds. The summed E-state index contributed by atoms with van der Waals surface area (Å²) in [5, 5.41) is 0. The normalized spacial score (nSPS) is 10.5. The number of hydrogen-bond acceptors (Lipinski definition) is 3. The second kappa shape index (κ2) is 5.93. The van der Waals surface area contributed by atoms with Crippen molar-refractivity contribution in [2.75, 3.05) is 6.61 Å². The molecule has 0 spiro atoms. The van der Waals surface area contributed by atoms with E-state index in [0.29, 0.717) is 17.9 Å². The quantitative estimate of drug-likeness (QED) is 0.541. The minimum atomic E-state index is -0.341. The fraction of sp³-hybridized carbons (Fsp3) is 0.167. The summed E-state index contributed by atoms with van der Waals surface area (Å²) in [6.07, 6.45) is 0. The van der Waals surface area contributed by atoms with Gasteiger partial charge in [-0.1, -0.05) is 12.1 Å². The molecule has 0 N–H and O–H groups in total. The summed E-state index contributed by atoms with van der Waals surface area (Å²) in [6.45, 7) is 11.1. The highest BCUT2D eigenvalue weighted by Crippen LogP contribution is 2.25. The molecule has 0 aliphatic carbocycles. The Bertz CT molecular complexity index is 935. The zero-order valence-electron chi connectivity index (χ0n) is 12.9. The van der Waals surface area contributed by atoms with E-state index in [-0.39, 0.29) is 5.97 Å². The summed E-state index contributed by atoms with van der Waals surface area (Å²) in [5.74, 6) is 0.454. The maximum Gasteiger partial charge on any atom is 0.338 e. The van der Waals surface area contributed by atoms with Crippen LogP contribution < -0.4 is 0 Å². The van der Waals surface area contributed by atoms with Crippen molar-refractivity contribution in [1.29, 1.82) is 0 Å². The molecule has 0 radical (unpaired) electrons. The van der Waals surface area contributed by atoms with Gasteiger partial charge in [0.25, 0.3) is 0 Å². The molecular formula is C18H15N3O2. The van der Waals surface area contributed by atoms with E-state index in [1.165, 1.54) is 0 Å². The van der Waals surface area contributed by atoms with E-state index < -0.39 is 0 Å². The fourth-order valence-corrected chi connectivity index (χ4v) is 2.57. The number of carbonyl (C=O) groups is 1. The van der Waals surface area contributed by atoms with Crippen molar-refractivity contribution >= 4 is 22.7 Å². The first-order valence-corrected chi connectivity index (χ1v) is 7.28. The third kappa shape index (κ3) is 2.67.